The van der Waals surface area contributed by atoms with Gasteiger partial charge in [-0.25, -0.2) is 14.8 Å². The molecule has 1 aromatic carbocycles. The number of nitrogens with one attached hydrogen (secondary N) is 1. The van der Waals surface area contributed by atoms with Crippen LogP contribution in [0.15, 0.2) is 23.0 Å². The van der Waals surface area contributed by atoms with Gasteiger partial charge in [0.1, 0.15) is 17.3 Å². The van der Waals surface area contributed by atoms with E-state index < -0.39 is 0 Å². The van der Waals surface area contributed by atoms with Crippen molar-refractivity contribution >= 4 is 41.4 Å². The zero-order chi connectivity index (χ0) is 20.8. The first kappa shape index (κ1) is 22.4. The summed E-state index contributed by atoms with van der Waals surface area (Å²) in [6.07, 6.45) is 6.21. The standard InChI is InChI=1S/C22H25Cl2N5O.ClH/c1-2-10-28-21-18(26-19(27-21)13-6-3-4-7-13)20-25-14(12-29(20)22(28)30)11-15-16(23)8-5-9-17(15)24;/h5,8-9,13-14,25H,2-4,6-7,10-12H2,1H3;1H. The lowest BCUT2D eigenvalue weighted by molar-refractivity contribution is 0.560. The molecular formula is C22H26Cl3N5O. The highest BCUT2D eigenvalue weighted by Gasteiger charge is 2.33. The number of fused-ring (bicyclic) bond motifs is 3. The molecule has 1 unspecified atom stereocenters. The monoisotopic (exact) mass is 481 g/mol. The van der Waals surface area contributed by atoms with E-state index in [1.807, 2.05) is 18.2 Å². The second-order valence-corrected chi connectivity index (χ2v) is 9.19. The molecule has 31 heavy (non-hydrogen) atoms. The number of anilines is 1. The van der Waals surface area contributed by atoms with E-state index in [1.54, 1.807) is 9.13 Å². The van der Waals surface area contributed by atoms with Crippen molar-refractivity contribution in [2.24, 2.45) is 0 Å². The molecule has 3 aliphatic heterocycles. The van der Waals surface area contributed by atoms with Crippen LogP contribution in [0.5, 0.6) is 0 Å². The van der Waals surface area contributed by atoms with Gasteiger partial charge >= 0.3 is 5.69 Å². The van der Waals surface area contributed by atoms with E-state index in [0.29, 0.717) is 41.3 Å². The van der Waals surface area contributed by atoms with E-state index in [9.17, 15) is 4.79 Å². The van der Waals surface area contributed by atoms with Gasteiger partial charge in [-0.15, -0.1) is 12.4 Å². The zero-order valence-electron chi connectivity index (χ0n) is 17.4. The molecule has 1 aromatic rings. The van der Waals surface area contributed by atoms with Crippen LogP contribution in [0, 0.1) is 0 Å². The van der Waals surface area contributed by atoms with Crippen LogP contribution in [0.3, 0.4) is 0 Å². The summed E-state index contributed by atoms with van der Waals surface area (Å²) in [6.45, 7) is 3.27. The number of imidazole rings is 1. The Kier molecular flexibility index (Phi) is 6.52. The van der Waals surface area contributed by atoms with Gasteiger partial charge in [-0.3, -0.25) is 9.13 Å². The van der Waals surface area contributed by atoms with Crippen molar-refractivity contribution in [1.29, 1.82) is 0 Å². The number of hydrogen-bond acceptors (Lipinski definition) is 4. The van der Waals surface area contributed by atoms with Gasteiger partial charge in [-0.2, -0.15) is 0 Å². The third-order valence-corrected chi connectivity index (χ3v) is 7.00. The molecule has 3 heterocycles. The lowest BCUT2D eigenvalue weighted by Gasteiger charge is -2.14. The minimum atomic E-state index is -0.0301. The molecule has 5 rings (SSSR count). The predicted molar refractivity (Wildman–Crippen MR) is 127 cm³/mol. The maximum Gasteiger partial charge on any atom is 0.331 e. The Morgan fingerprint density at radius 2 is 1.87 bits per heavy atom. The number of benzene rings is 1. The molecule has 1 atom stereocenters. The molecule has 0 saturated heterocycles. The summed E-state index contributed by atoms with van der Waals surface area (Å²) >= 11 is 12.8. The van der Waals surface area contributed by atoms with Crippen LogP contribution in [0.4, 0.5) is 5.82 Å². The Labute approximate surface area is 197 Å². The number of nitrogens with zero attached hydrogens (tertiary/aromatic N) is 4. The molecular weight excluding hydrogens is 457 g/mol. The van der Waals surface area contributed by atoms with Crippen molar-refractivity contribution < 1.29 is 0 Å². The van der Waals surface area contributed by atoms with Crippen LogP contribution < -0.4 is 11.0 Å². The van der Waals surface area contributed by atoms with E-state index in [0.717, 1.165) is 42.2 Å². The fourth-order valence-electron chi connectivity index (χ4n) is 4.81. The fraction of sp³-hybridized carbons (Fsp3) is 0.500. The molecule has 1 N–H and O–H groups in total. The summed E-state index contributed by atoms with van der Waals surface area (Å²) in [5, 5.41) is 4.82. The highest BCUT2D eigenvalue weighted by Crippen LogP contribution is 2.38. The number of rotatable bonds is 5. The van der Waals surface area contributed by atoms with Crippen molar-refractivity contribution in [1.82, 2.24) is 19.1 Å². The average molecular weight is 483 g/mol. The van der Waals surface area contributed by atoms with Gasteiger partial charge in [0.15, 0.2) is 5.82 Å². The van der Waals surface area contributed by atoms with Crippen molar-refractivity contribution in [3.63, 3.8) is 0 Å². The molecule has 0 bridgehead atoms. The Morgan fingerprint density at radius 1 is 1.16 bits per heavy atom. The molecule has 1 saturated carbocycles. The van der Waals surface area contributed by atoms with Crippen LogP contribution in [-0.2, 0) is 19.5 Å². The van der Waals surface area contributed by atoms with E-state index in [1.165, 1.54) is 12.8 Å². The summed E-state index contributed by atoms with van der Waals surface area (Å²) in [7, 11) is 0. The van der Waals surface area contributed by atoms with Gasteiger partial charge < -0.3 is 5.32 Å². The lowest BCUT2D eigenvalue weighted by Crippen LogP contribution is -2.32. The SMILES string of the molecule is CCCn1c2nc(C3CCCC3)nc-2c2n(c1=O)CC(Cc1c(Cl)cccc1Cl)N2.Cl. The Balaban J connectivity index is 0.00000231. The van der Waals surface area contributed by atoms with Gasteiger partial charge in [-0.1, -0.05) is 49.0 Å². The normalized spacial score (nSPS) is 18.2. The summed E-state index contributed by atoms with van der Waals surface area (Å²) < 4.78 is 3.59. The average Bonchev–Trinajstić information content (AvgIpc) is 3.46. The van der Waals surface area contributed by atoms with E-state index in [2.05, 4.69) is 12.2 Å². The number of hydrogen-bond donors (Lipinski definition) is 1. The van der Waals surface area contributed by atoms with Gasteiger partial charge in [-0.05, 0) is 43.4 Å². The smallest absolute Gasteiger partial charge is 0.331 e. The van der Waals surface area contributed by atoms with Crippen LogP contribution in [0.25, 0.3) is 11.5 Å². The van der Waals surface area contributed by atoms with E-state index >= 15 is 0 Å². The maximum atomic E-state index is 13.3. The van der Waals surface area contributed by atoms with Gasteiger partial charge in [0.25, 0.3) is 0 Å². The molecule has 9 heteroatoms. The topological polar surface area (TPSA) is 64.7 Å². The Hall–Kier alpha value is -1.76. The zero-order valence-corrected chi connectivity index (χ0v) is 19.7. The minimum absolute atomic E-state index is 0. The lowest BCUT2D eigenvalue weighted by atomic mass is 10.1. The molecule has 0 radical (unpaired) electrons. The van der Waals surface area contributed by atoms with Gasteiger partial charge in [0.2, 0.25) is 0 Å². The van der Waals surface area contributed by atoms with Crippen LogP contribution in [-0.4, -0.2) is 25.1 Å². The molecule has 166 valence electrons. The summed E-state index contributed by atoms with van der Waals surface area (Å²) in [6, 6.07) is 5.56. The van der Waals surface area contributed by atoms with Crippen molar-refractivity contribution in [2.75, 3.05) is 5.32 Å². The van der Waals surface area contributed by atoms with E-state index in [-0.39, 0.29) is 24.1 Å². The predicted octanol–water partition coefficient (Wildman–Crippen LogP) is 5.38. The summed E-state index contributed by atoms with van der Waals surface area (Å²) in [4.78, 5) is 23.1. The van der Waals surface area contributed by atoms with Crippen LogP contribution >= 0.6 is 35.6 Å². The molecule has 0 spiro atoms. The molecule has 1 aliphatic carbocycles. The molecule has 0 amide bonds. The highest BCUT2D eigenvalue weighted by molar-refractivity contribution is 6.36. The maximum absolute atomic E-state index is 13.3. The Morgan fingerprint density at radius 3 is 2.55 bits per heavy atom. The number of halogens is 3. The van der Waals surface area contributed by atoms with Crippen molar-refractivity contribution in [3.8, 4) is 11.5 Å². The van der Waals surface area contributed by atoms with Gasteiger partial charge in [0.05, 0.1) is 0 Å². The second-order valence-electron chi connectivity index (χ2n) is 8.37. The quantitative estimate of drug-likeness (QED) is 0.530. The third-order valence-electron chi connectivity index (χ3n) is 6.29. The first-order valence-corrected chi connectivity index (χ1v) is 11.5. The fourth-order valence-corrected chi connectivity index (χ4v) is 5.37. The summed E-state index contributed by atoms with van der Waals surface area (Å²) in [5.41, 5.74) is 1.67. The van der Waals surface area contributed by atoms with Gasteiger partial charge in [0, 0.05) is 35.1 Å². The summed E-state index contributed by atoms with van der Waals surface area (Å²) in [5.74, 6) is 2.77. The van der Waals surface area contributed by atoms with Crippen LogP contribution in [0.2, 0.25) is 10.0 Å². The highest BCUT2D eigenvalue weighted by atomic mass is 35.5. The number of aromatic nitrogens is 4. The first-order chi connectivity index (χ1) is 14.6. The Bertz CT molecular complexity index is 1100. The van der Waals surface area contributed by atoms with Crippen molar-refractivity contribution in [3.05, 3.63) is 50.1 Å². The second kappa shape index (κ2) is 9.00. The molecule has 6 nitrogen and oxygen atoms in total. The molecule has 1 fully saturated rings. The largest absolute Gasteiger partial charge is 0.365 e. The van der Waals surface area contributed by atoms with Crippen molar-refractivity contribution in [2.45, 2.75) is 70.5 Å². The van der Waals surface area contributed by atoms with E-state index in [4.69, 9.17) is 33.2 Å². The molecule has 4 aliphatic rings. The first-order valence-electron chi connectivity index (χ1n) is 10.8. The van der Waals surface area contributed by atoms with Crippen LogP contribution in [0.1, 0.15) is 56.3 Å². The molecule has 0 aromatic heterocycles. The minimum Gasteiger partial charge on any atom is -0.365 e. The third kappa shape index (κ3) is 3.94.